The third-order valence-electron chi connectivity index (χ3n) is 1.51. The molecular formula is C8H13ClN4O2. The van der Waals surface area contributed by atoms with Crippen LogP contribution >= 0.6 is 11.6 Å². The number of hydrogen-bond acceptors (Lipinski definition) is 6. The molecule has 0 spiro atoms. The summed E-state index contributed by atoms with van der Waals surface area (Å²) in [7, 11) is 0. The fourth-order valence-electron chi connectivity index (χ4n) is 0.864. The van der Waals surface area contributed by atoms with Crippen molar-refractivity contribution in [3.8, 4) is 5.88 Å². The summed E-state index contributed by atoms with van der Waals surface area (Å²) in [5.41, 5.74) is 2.30. The molecule has 0 aliphatic heterocycles. The number of anilines is 1. The summed E-state index contributed by atoms with van der Waals surface area (Å²) in [6.07, 6.45) is 1.42. The highest BCUT2D eigenvalue weighted by Crippen LogP contribution is 2.21. The first-order valence-corrected chi connectivity index (χ1v) is 4.85. The summed E-state index contributed by atoms with van der Waals surface area (Å²) in [5, 5.41) is 0.338. The number of hydrogen-bond donors (Lipinski definition) is 2. The number of nitrogens with one attached hydrogen (secondary N) is 1. The number of nitrogens with two attached hydrogens (primary N) is 1. The maximum absolute atomic E-state index is 5.81. The Labute approximate surface area is 92.7 Å². The summed E-state index contributed by atoms with van der Waals surface area (Å²) >= 11 is 5.81. The van der Waals surface area contributed by atoms with Gasteiger partial charge in [-0.3, -0.25) is 5.43 Å². The number of rotatable bonds is 6. The number of hydrazine groups is 1. The van der Waals surface area contributed by atoms with Crippen molar-refractivity contribution >= 4 is 17.5 Å². The van der Waals surface area contributed by atoms with Gasteiger partial charge in [-0.25, -0.2) is 10.8 Å². The molecular weight excluding hydrogens is 220 g/mol. The van der Waals surface area contributed by atoms with Gasteiger partial charge in [-0.05, 0) is 6.92 Å². The van der Waals surface area contributed by atoms with Crippen LogP contribution in [0.25, 0.3) is 0 Å². The molecule has 0 aliphatic carbocycles. The van der Waals surface area contributed by atoms with Crippen molar-refractivity contribution in [2.75, 3.05) is 25.2 Å². The monoisotopic (exact) mass is 232 g/mol. The molecule has 0 fully saturated rings. The second-order valence-corrected chi connectivity index (χ2v) is 2.94. The van der Waals surface area contributed by atoms with Crippen LogP contribution in [0.4, 0.5) is 5.95 Å². The number of aromatic nitrogens is 2. The SMILES string of the molecule is CCOCCOc1nc(NN)ncc1Cl. The van der Waals surface area contributed by atoms with E-state index < -0.39 is 0 Å². The minimum absolute atomic E-state index is 0.255. The summed E-state index contributed by atoms with van der Waals surface area (Å²) in [4.78, 5) is 7.74. The number of halogens is 1. The number of nitrogens with zero attached hydrogens (tertiary/aromatic N) is 2. The van der Waals surface area contributed by atoms with E-state index in [2.05, 4.69) is 15.4 Å². The van der Waals surface area contributed by atoms with E-state index in [4.69, 9.17) is 26.9 Å². The van der Waals surface area contributed by atoms with Crippen molar-refractivity contribution in [3.63, 3.8) is 0 Å². The van der Waals surface area contributed by atoms with E-state index in [0.717, 1.165) is 0 Å². The zero-order chi connectivity index (χ0) is 11.1. The zero-order valence-corrected chi connectivity index (χ0v) is 9.12. The average Bonchev–Trinajstić information content (AvgIpc) is 2.26. The van der Waals surface area contributed by atoms with E-state index in [-0.39, 0.29) is 5.95 Å². The molecule has 1 heterocycles. The standard InChI is InChI=1S/C8H13ClN4O2/c1-2-14-3-4-15-7-6(9)5-11-8(12-7)13-10/h5H,2-4,10H2,1H3,(H,11,12,13). The molecule has 1 aromatic rings. The van der Waals surface area contributed by atoms with Gasteiger partial charge in [-0.1, -0.05) is 11.6 Å². The van der Waals surface area contributed by atoms with Crippen molar-refractivity contribution in [1.29, 1.82) is 0 Å². The van der Waals surface area contributed by atoms with Crippen molar-refractivity contribution in [3.05, 3.63) is 11.2 Å². The first-order valence-electron chi connectivity index (χ1n) is 4.47. The third kappa shape index (κ3) is 3.86. The molecule has 0 bridgehead atoms. The van der Waals surface area contributed by atoms with Gasteiger partial charge in [0.25, 0.3) is 0 Å². The predicted molar refractivity (Wildman–Crippen MR) is 56.8 cm³/mol. The van der Waals surface area contributed by atoms with Crippen LogP contribution in [0.2, 0.25) is 5.02 Å². The molecule has 0 saturated carbocycles. The summed E-state index contributed by atoms with van der Waals surface area (Å²) in [5.74, 6) is 5.69. The first-order chi connectivity index (χ1) is 7.27. The van der Waals surface area contributed by atoms with Crippen molar-refractivity contribution < 1.29 is 9.47 Å². The van der Waals surface area contributed by atoms with Gasteiger partial charge in [0.2, 0.25) is 11.8 Å². The van der Waals surface area contributed by atoms with Gasteiger partial charge in [-0.15, -0.1) is 0 Å². The molecule has 1 rings (SSSR count). The van der Waals surface area contributed by atoms with E-state index in [1.807, 2.05) is 6.92 Å². The largest absolute Gasteiger partial charge is 0.474 e. The van der Waals surface area contributed by atoms with Crippen LogP contribution in [0, 0.1) is 0 Å². The van der Waals surface area contributed by atoms with Crippen LogP contribution in [0.1, 0.15) is 6.92 Å². The lowest BCUT2D eigenvalue weighted by Crippen LogP contribution is -2.12. The van der Waals surface area contributed by atoms with Gasteiger partial charge in [0.1, 0.15) is 11.6 Å². The minimum Gasteiger partial charge on any atom is -0.474 e. The van der Waals surface area contributed by atoms with Crippen LogP contribution in [-0.4, -0.2) is 29.8 Å². The topological polar surface area (TPSA) is 82.3 Å². The molecule has 0 radical (unpaired) electrons. The molecule has 15 heavy (non-hydrogen) atoms. The second-order valence-electron chi connectivity index (χ2n) is 2.54. The molecule has 0 aromatic carbocycles. The Hall–Kier alpha value is -1.11. The molecule has 0 amide bonds. The third-order valence-corrected chi connectivity index (χ3v) is 1.77. The lowest BCUT2D eigenvalue weighted by molar-refractivity contribution is 0.108. The van der Waals surface area contributed by atoms with E-state index in [9.17, 15) is 0 Å². The van der Waals surface area contributed by atoms with E-state index in [1.165, 1.54) is 6.20 Å². The molecule has 1 aromatic heterocycles. The normalized spacial score (nSPS) is 10.1. The molecule has 0 unspecified atom stereocenters. The van der Waals surface area contributed by atoms with Gasteiger partial charge in [0, 0.05) is 6.61 Å². The Balaban J connectivity index is 2.51. The first kappa shape index (κ1) is 12.0. The summed E-state index contributed by atoms with van der Waals surface area (Å²) < 4.78 is 10.4. The van der Waals surface area contributed by atoms with Crippen LogP contribution in [0.15, 0.2) is 6.20 Å². The Bertz CT molecular complexity index is 311. The smallest absolute Gasteiger partial charge is 0.240 e. The highest BCUT2D eigenvalue weighted by molar-refractivity contribution is 6.31. The molecule has 3 N–H and O–H groups in total. The van der Waals surface area contributed by atoms with Gasteiger partial charge >= 0.3 is 0 Å². The quantitative estimate of drug-likeness (QED) is 0.430. The highest BCUT2D eigenvalue weighted by atomic mass is 35.5. The molecule has 7 heteroatoms. The second kappa shape index (κ2) is 6.39. The maximum Gasteiger partial charge on any atom is 0.240 e. The highest BCUT2D eigenvalue weighted by Gasteiger charge is 2.05. The van der Waals surface area contributed by atoms with E-state index in [0.29, 0.717) is 30.7 Å². The maximum atomic E-state index is 5.81. The van der Waals surface area contributed by atoms with Gasteiger partial charge in [0.15, 0.2) is 0 Å². The number of nitrogen functional groups attached to an aromatic ring is 1. The Morgan fingerprint density at radius 2 is 2.33 bits per heavy atom. The average molecular weight is 233 g/mol. The minimum atomic E-state index is 0.255. The molecule has 0 aliphatic rings. The molecule has 84 valence electrons. The zero-order valence-electron chi connectivity index (χ0n) is 8.36. The molecule has 0 atom stereocenters. The fraction of sp³-hybridized carbons (Fsp3) is 0.500. The van der Waals surface area contributed by atoms with Crippen molar-refractivity contribution in [1.82, 2.24) is 9.97 Å². The Morgan fingerprint density at radius 1 is 1.53 bits per heavy atom. The summed E-state index contributed by atoms with van der Waals surface area (Å²) in [6.45, 7) is 3.43. The molecule has 0 saturated heterocycles. The van der Waals surface area contributed by atoms with Crippen LogP contribution < -0.4 is 16.0 Å². The molecule has 6 nitrogen and oxygen atoms in total. The lowest BCUT2D eigenvalue weighted by Gasteiger charge is -2.07. The predicted octanol–water partition coefficient (Wildman–Crippen LogP) is 0.831. The van der Waals surface area contributed by atoms with Gasteiger partial charge in [-0.2, -0.15) is 4.98 Å². The number of ether oxygens (including phenoxy) is 2. The fourth-order valence-corrected chi connectivity index (χ4v) is 1.01. The van der Waals surface area contributed by atoms with Crippen LogP contribution in [0.5, 0.6) is 5.88 Å². The van der Waals surface area contributed by atoms with Crippen molar-refractivity contribution in [2.24, 2.45) is 5.84 Å². The van der Waals surface area contributed by atoms with Crippen LogP contribution in [0.3, 0.4) is 0 Å². The van der Waals surface area contributed by atoms with Gasteiger partial charge in [0.05, 0.1) is 12.8 Å². The Morgan fingerprint density at radius 3 is 3.00 bits per heavy atom. The van der Waals surface area contributed by atoms with E-state index in [1.54, 1.807) is 0 Å². The summed E-state index contributed by atoms with van der Waals surface area (Å²) in [6, 6.07) is 0. The van der Waals surface area contributed by atoms with Crippen LogP contribution in [-0.2, 0) is 4.74 Å². The van der Waals surface area contributed by atoms with E-state index >= 15 is 0 Å². The Kier molecular flexibility index (Phi) is 5.09. The van der Waals surface area contributed by atoms with Gasteiger partial charge < -0.3 is 9.47 Å². The van der Waals surface area contributed by atoms with Crippen molar-refractivity contribution in [2.45, 2.75) is 6.92 Å². The lowest BCUT2D eigenvalue weighted by atomic mass is 10.6.